The molecule has 0 amide bonds. The molecule has 0 radical (unpaired) electrons. The van der Waals surface area contributed by atoms with Crippen LogP contribution in [0.15, 0.2) is 6.07 Å². The van der Waals surface area contributed by atoms with E-state index in [1.54, 1.807) is 7.11 Å². The van der Waals surface area contributed by atoms with Crippen LogP contribution in [0.4, 0.5) is 11.8 Å². The molecule has 0 atom stereocenters. The molecule has 0 aliphatic heterocycles. The third-order valence-electron chi connectivity index (χ3n) is 3.40. The minimum absolute atomic E-state index is 0.565. The highest BCUT2D eigenvalue weighted by atomic mass is 16.5. The fourth-order valence-electron chi connectivity index (χ4n) is 2.44. The SMILES string of the molecule is COCCNc1nc(C)cc(NC2CCCCC2)n1. The molecule has 106 valence electrons. The first-order valence-electron chi connectivity index (χ1n) is 7.13. The van der Waals surface area contributed by atoms with Crippen molar-refractivity contribution >= 4 is 11.8 Å². The monoisotopic (exact) mass is 264 g/mol. The summed E-state index contributed by atoms with van der Waals surface area (Å²) in [4.78, 5) is 8.89. The maximum Gasteiger partial charge on any atom is 0.224 e. The molecular weight excluding hydrogens is 240 g/mol. The van der Waals surface area contributed by atoms with Crippen molar-refractivity contribution in [2.24, 2.45) is 0 Å². The van der Waals surface area contributed by atoms with Crippen LogP contribution in [0.2, 0.25) is 0 Å². The smallest absolute Gasteiger partial charge is 0.224 e. The minimum atomic E-state index is 0.565. The number of nitrogens with zero attached hydrogens (tertiary/aromatic N) is 2. The first-order valence-corrected chi connectivity index (χ1v) is 7.13. The molecule has 2 rings (SSSR count). The molecule has 1 fully saturated rings. The second-order valence-electron chi connectivity index (χ2n) is 5.12. The Kier molecular flexibility index (Phi) is 5.39. The van der Waals surface area contributed by atoms with Gasteiger partial charge in [0.1, 0.15) is 5.82 Å². The van der Waals surface area contributed by atoms with E-state index in [2.05, 4.69) is 20.6 Å². The molecule has 5 heteroatoms. The van der Waals surface area contributed by atoms with E-state index >= 15 is 0 Å². The Labute approximate surface area is 115 Å². The summed E-state index contributed by atoms with van der Waals surface area (Å²) < 4.78 is 5.01. The van der Waals surface area contributed by atoms with Crippen LogP contribution in [-0.4, -0.2) is 36.3 Å². The second-order valence-corrected chi connectivity index (χ2v) is 5.12. The first-order chi connectivity index (χ1) is 9.28. The van der Waals surface area contributed by atoms with Gasteiger partial charge in [-0.25, -0.2) is 4.98 Å². The lowest BCUT2D eigenvalue weighted by atomic mass is 9.95. The number of anilines is 2. The zero-order chi connectivity index (χ0) is 13.5. The molecule has 1 aliphatic carbocycles. The summed E-state index contributed by atoms with van der Waals surface area (Å²) in [6, 6.07) is 2.57. The number of nitrogens with one attached hydrogen (secondary N) is 2. The van der Waals surface area contributed by atoms with Gasteiger partial charge >= 0.3 is 0 Å². The van der Waals surface area contributed by atoms with E-state index in [1.807, 2.05) is 13.0 Å². The highest BCUT2D eigenvalue weighted by Gasteiger charge is 2.14. The Bertz CT molecular complexity index is 391. The predicted octanol–water partition coefficient (Wildman–Crippen LogP) is 2.59. The number of rotatable bonds is 6. The van der Waals surface area contributed by atoms with Crippen molar-refractivity contribution in [3.63, 3.8) is 0 Å². The average Bonchev–Trinajstić information content (AvgIpc) is 2.39. The minimum Gasteiger partial charge on any atom is -0.383 e. The summed E-state index contributed by atoms with van der Waals surface area (Å²) in [6.45, 7) is 3.38. The molecule has 0 saturated heterocycles. The van der Waals surface area contributed by atoms with Crippen LogP contribution in [0.3, 0.4) is 0 Å². The van der Waals surface area contributed by atoms with Crippen molar-refractivity contribution in [2.45, 2.75) is 45.1 Å². The summed E-state index contributed by atoms with van der Waals surface area (Å²) in [5, 5.41) is 6.71. The van der Waals surface area contributed by atoms with Crippen molar-refractivity contribution in [2.75, 3.05) is 30.9 Å². The lowest BCUT2D eigenvalue weighted by molar-refractivity contribution is 0.210. The third kappa shape index (κ3) is 4.67. The number of ether oxygens (including phenoxy) is 1. The molecule has 0 spiro atoms. The summed E-state index contributed by atoms with van der Waals surface area (Å²) in [5.74, 6) is 1.61. The van der Waals surface area contributed by atoms with Crippen molar-refractivity contribution in [1.82, 2.24) is 9.97 Å². The van der Waals surface area contributed by atoms with Crippen LogP contribution in [0.1, 0.15) is 37.8 Å². The molecule has 0 bridgehead atoms. The molecule has 1 aromatic rings. The van der Waals surface area contributed by atoms with Crippen LogP contribution < -0.4 is 10.6 Å². The quantitative estimate of drug-likeness (QED) is 0.773. The fourth-order valence-corrected chi connectivity index (χ4v) is 2.44. The molecule has 1 heterocycles. The van der Waals surface area contributed by atoms with Crippen LogP contribution in [0.25, 0.3) is 0 Å². The molecular formula is C14H24N4O. The van der Waals surface area contributed by atoms with Crippen molar-refractivity contribution in [1.29, 1.82) is 0 Å². The van der Waals surface area contributed by atoms with E-state index in [9.17, 15) is 0 Å². The van der Waals surface area contributed by atoms with E-state index in [4.69, 9.17) is 4.74 Å². The molecule has 19 heavy (non-hydrogen) atoms. The zero-order valence-electron chi connectivity index (χ0n) is 11.9. The van der Waals surface area contributed by atoms with E-state index in [-0.39, 0.29) is 0 Å². The zero-order valence-corrected chi connectivity index (χ0v) is 11.9. The Balaban J connectivity index is 1.95. The highest BCUT2D eigenvalue weighted by Crippen LogP contribution is 2.21. The highest BCUT2D eigenvalue weighted by molar-refractivity contribution is 5.42. The van der Waals surface area contributed by atoms with Crippen molar-refractivity contribution < 1.29 is 4.74 Å². The van der Waals surface area contributed by atoms with Gasteiger partial charge in [-0.1, -0.05) is 19.3 Å². The summed E-state index contributed by atoms with van der Waals surface area (Å²) in [7, 11) is 1.69. The number of hydrogen-bond acceptors (Lipinski definition) is 5. The maximum absolute atomic E-state index is 5.01. The van der Waals surface area contributed by atoms with E-state index in [0.29, 0.717) is 18.6 Å². The second kappa shape index (κ2) is 7.28. The van der Waals surface area contributed by atoms with E-state index in [1.165, 1.54) is 32.1 Å². The lowest BCUT2D eigenvalue weighted by Crippen LogP contribution is -2.23. The predicted molar refractivity (Wildman–Crippen MR) is 77.6 cm³/mol. The summed E-state index contributed by atoms with van der Waals surface area (Å²) in [5.41, 5.74) is 0.980. The Hall–Kier alpha value is -1.36. The maximum atomic E-state index is 5.01. The Morgan fingerprint density at radius 2 is 2.05 bits per heavy atom. The number of hydrogen-bond donors (Lipinski definition) is 2. The molecule has 1 aromatic heterocycles. The normalized spacial score (nSPS) is 16.3. The molecule has 1 aliphatic rings. The Morgan fingerprint density at radius 1 is 1.26 bits per heavy atom. The van der Waals surface area contributed by atoms with Gasteiger partial charge in [-0.2, -0.15) is 4.98 Å². The van der Waals surface area contributed by atoms with Crippen LogP contribution in [-0.2, 0) is 4.74 Å². The van der Waals surface area contributed by atoms with Gasteiger partial charge in [0.25, 0.3) is 0 Å². The largest absolute Gasteiger partial charge is 0.383 e. The van der Waals surface area contributed by atoms with Crippen molar-refractivity contribution in [3.8, 4) is 0 Å². The van der Waals surface area contributed by atoms with Crippen molar-refractivity contribution in [3.05, 3.63) is 11.8 Å². The summed E-state index contributed by atoms with van der Waals surface area (Å²) >= 11 is 0. The number of methoxy groups -OCH3 is 1. The standard InChI is InChI=1S/C14H24N4O/c1-11-10-13(17-12-6-4-3-5-7-12)18-14(16-11)15-8-9-19-2/h10,12H,3-9H2,1-2H3,(H2,15,16,17,18). The van der Waals surface area contributed by atoms with E-state index < -0.39 is 0 Å². The van der Waals surface area contributed by atoms with Gasteiger partial charge in [0.05, 0.1) is 6.61 Å². The molecule has 0 aromatic carbocycles. The van der Waals surface area contributed by atoms with Gasteiger partial charge in [0.2, 0.25) is 5.95 Å². The lowest BCUT2D eigenvalue weighted by Gasteiger charge is -2.23. The van der Waals surface area contributed by atoms with E-state index in [0.717, 1.165) is 18.1 Å². The van der Waals surface area contributed by atoms with Gasteiger partial charge in [-0.05, 0) is 19.8 Å². The number of aryl methyl sites for hydroxylation is 1. The molecule has 0 unspecified atom stereocenters. The van der Waals surface area contributed by atoms with Gasteiger partial charge in [-0.3, -0.25) is 0 Å². The van der Waals surface area contributed by atoms with Gasteiger partial charge in [0.15, 0.2) is 0 Å². The fraction of sp³-hybridized carbons (Fsp3) is 0.714. The van der Waals surface area contributed by atoms with Gasteiger partial charge in [0, 0.05) is 31.5 Å². The average molecular weight is 264 g/mol. The molecule has 5 nitrogen and oxygen atoms in total. The third-order valence-corrected chi connectivity index (χ3v) is 3.40. The van der Waals surface area contributed by atoms with Crippen LogP contribution in [0, 0.1) is 6.92 Å². The topological polar surface area (TPSA) is 59.1 Å². The molecule has 1 saturated carbocycles. The molecule has 2 N–H and O–H groups in total. The van der Waals surface area contributed by atoms with Gasteiger partial charge in [-0.15, -0.1) is 0 Å². The van der Waals surface area contributed by atoms with Crippen LogP contribution >= 0.6 is 0 Å². The first kappa shape index (κ1) is 14.1. The summed E-state index contributed by atoms with van der Waals surface area (Å²) in [6.07, 6.45) is 6.50. The van der Waals surface area contributed by atoms with Crippen LogP contribution in [0.5, 0.6) is 0 Å². The van der Waals surface area contributed by atoms with Gasteiger partial charge < -0.3 is 15.4 Å². The Morgan fingerprint density at radius 3 is 2.79 bits per heavy atom. The number of aromatic nitrogens is 2.